The van der Waals surface area contributed by atoms with Crippen LogP contribution < -0.4 is 5.32 Å². The molecule has 0 spiro atoms. The highest BCUT2D eigenvalue weighted by Crippen LogP contribution is 2.44. The van der Waals surface area contributed by atoms with E-state index in [9.17, 15) is 14.4 Å². The standard InChI is InChI=1S/C28H27NO5/c1-18(15-20-9-3-4-10-21(20)19(2)30)34-27(31)16-29-28(32)33-17-26-24-13-7-5-11-22(24)23-12-6-8-14-25(23)26/h3-14,18,26H,15-17H2,1-2H3,(H,29,32). The second-order valence-corrected chi connectivity index (χ2v) is 8.40. The van der Waals surface area contributed by atoms with Crippen molar-refractivity contribution < 1.29 is 23.9 Å². The van der Waals surface area contributed by atoms with Crippen molar-refractivity contribution in [1.29, 1.82) is 0 Å². The third kappa shape index (κ3) is 5.17. The van der Waals surface area contributed by atoms with Gasteiger partial charge in [-0.1, -0.05) is 72.8 Å². The zero-order valence-corrected chi connectivity index (χ0v) is 19.2. The highest BCUT2D eigenvalue weighted by atomic mass is 16.6. The molecular formula is C28H27NO5. The molecule has 1 aliphatic carbocycles. The Labute approximate surface area is 198 Å². The molecule has 0 radical (unpaired) electrons. The first-order valence-corrected chi connectivity index (χ1v) is 11.3. The molecule has 6 heteroatoms. The van der Waals surface area contributed by atoms with Gasteiger partial charge in [-0.2, -0.15) is 0 Å². The molecule has 4 rings (SSSR count). The van der Waals surface area contributed by atoms with Crippen LogP contribution in [0.3, 0.4) is 0 Å². The Morgan fingerprint density at radius 1 is 0.882 bits per heavy atom. The van der Waals surface area contributed by atoms with Gasteiger partial charge in [-0.15, -0.1) is 0 Å². The Bertz CT molecular complexity index is 1170. The normalized spacial score (nSPS) is 12.9. The van der Waals surface area contributed by atoms with E-state index < -0.39 is 18.2 Å². The number of benzene rings is 3. The molecule has 0 saturated heterocycles. The van der Waals surface area contributed by atoms with E-state index >= 15 is 0 Å². The Kier molecular flexibility index (Phi) is 7.07. The molecule has 3 aromatic rings. The summed E-state index contributed by atoms with van der Waals surface area (Å²) in [7, 11) is 0. The molecular weight excluding hydrogens is 430 g/mol. The fourth-order valence-corrected chi connectivity index (χ4v) is 4.45. The first-order chi connectivity index (χ1) is 16.4. The van der Waals surface area contributed by atoms with Gasteiger partial charge in [-0.05, 0) is 41.7 Å². The first kappa shape index (κ1) is 23.2. The Hall–Kier alpha value is -3.93. The van der Waals surface area contributed by atoms with Crippen molar-refractivity contribution in [3.63, 3.8) is 0 Å². The fourth-order valence-electron chi connectivity index (χ4n) is 4.45. The van der Waals surface area contributed by atoms with Crippen LogP contribution in [0.1, 0.15) is 46.8 Å². The third-order valence-electron chi connectivity index (χ3n) is 5.96. The Morgan fingerprint density at radius 3 is 2.12 bits per heavy atom. The van der Waals surface area contributed by atoms with Crippen molar-refractivity contribution >= 4 is 17.8 Å². The molecule has 1 atom stereocenters. The fraction of sp³-hybridized carbons (Fsp3) is 0.250. The van der Waals surface area contributed by atoms with Gasteiger partial charge in [0.25, 0.3) is 0 Å². The number of esters is 1. The van der Waals surface area contributed by atoms with Gasteiger partial charge in [-0.3, -0.25) is 9.59 Å². The SMILES string of the molecule is CC(=O)c1ccccc1CC(C)OC(=O)CNC(=O)OCC1c2ccccc2-c2ccccc21. The summed E-state index contributed by atoms with van der Waals surface area (Å²) in [5, 5.41) is 2.46. The lowest BCUT2D eigenvalue weighted by Gasteiger charge is -2.16. The van der Waals surface area contributed by atoms with Crippen molar-refractivity contribution in [2.75, 3.05) is 13.2 Å². The maximum atomic E-state index is 12.2. The number of carbonyl (C=O) groups excluding carboxylic acids is 3. The zero-order valence-electron chi connectivity index (χ0n) is 19.2. The lowest BCUT2D eigenvalue weighted by Crippen LogP contribution is -2.33. The summed E-state index contributed by atoms with van der Waals surface area (Å²) in [6, 6.07) is 23.4. The molecule has 0 heterocycles. The van der Waals surface area contributed by atoms with Gasteiger partial charge in [0.1, 0.15) is 19.3 Å². The number of carbonyl (C=O) groups is 3. The maximum absolute atomic E-state index is 12.2. The van der Waals surface area contributed by atoms with E-state index in [0.717, 1.165) is 27.8 Å². The summed E-state index contributed by atoms with van der Waals surface area (Å²) in [5.74, 6) is -0.654. The number of nitrogens with one attached hydrogen (secondary N) is 1. The highest BCUT2D eigenvalue weighted by molar-refractivity contribution is 5.95. The van der Waals surface area contributed by atoms with Crippen molar-refractivity contribution in [2.24, 2.45) is 0 Å². The van der Waals surface area contributed by atoms with Gasteiger partial charge < -0.3 is 14.8 Å². The molecule has 174 valence electrons. The lowest BCUT2D eigenvalue weighted by molar-refractivity contribution is -0.146. The molecule has 34 heavy (non-hydrogen) atoms. The van der Waals surface area contributed by atoms with Crippen LogP contribution >= 0.6 is 0 Å². The molecule has 6 nitrogen and oxygen atoms in total. The Morgan fingerprint density at radius 2 is 1.47 bits per heavy atom. The summed E-state index contributed by atoms with van der Waals surface area (Å²) in [6.07, 6.45) is -0.711. The summed E-state index contributed by atoms with van der Waals surface area (Å²) in [5.41, 5.74) is 5.97. The van der Waals surface area contributed by atoms with Gasteiger partial charge in [0, 0.05) is 17.9 Å². The molecule has 0 saturated carbocycles. The summed E-state index contributed by atoms with van der Waals surface area (Å²) < 4.78 is 10.8. The third-order valence-corrected chi connectivity index (χ3v) is 5.96. The van der Waals surface area contributed by atoms with Crippen LogP contribution in [0.25, 0.3) is 11.1 Å². The van der Waals surface area contributed by atoms with Crippen LogP contribution in [-0.4, -0.2) is 37.1 Å². The average Bonchev–Trinajstić information content (AvgIpc) is 3.15. The van der Waals surface area contributed by atoms with Gasteiger partial charge >= 0.3 is 12.1 Å². The molecule has 1 unspecified atom stereocenters. The van der Waals surface area contributed by atoms with Crippen molar-refractivity contribution in [1.82, 2.24) is 5.32 Å². The van der Waals surface area contributed by atoms with Gasteiger partial charge in [0.2, 0.25) is 0 Å². The number of hydrogen-bond acceptors (Lipinski definition) is 5. The number of Topliss-reactive ketones (excluding diaryl/α,β-unsaturated/α-hetero) is 1. The van der Waals surface area contributed by atoms with Crippen LogP contribution in [0.4, 0.5) is 4.79 Å². The smallest absolute Gasteiger partial charge is 0.407 e. The van der Waals surface area contributed by atoms with E-state index in [1.807, 2.05) is 48.5 Å². The second kappa shape index (κ2) is 10.3. The minimum atomic E-state index is -0.673. The number of hydrogen-bond donors (Lipinski definition) is 1. The monoisotopic (exact) mass is 457 g/mol. The minimum Gasteiger partial charge on any atom is -0.461 e. The first-order valence-electron chi connectivity index (χ1n) is 11.3. The molecule has 1 N–H and O–H groups in total. The number of amides is 1. The van der Waals surface area contributed by atoms with Gasteiger partial charge in [0.15, 0.2) is 5.78 Å². The number of ketones is 1. The topological polar surface area (TPSA) is 81.7 Å². The summed E-state index contributed by atoms with van der Waals surface area (Å²) in [4.78, 5) is 36.2. The van der Waals surface area contributed by atoms with Crippen LogP contribution in [-0.2, 0) is 20.7 Å². The van der Waals surface area contributed by atoms with Crippen LogP contribution in [0.15, 0.2) is 72.8 Å². The predicted octanol–water partition coefficient (Wildman–Crippen LogP) is 4.90. The molecule has 1 amide bonds. The molecule has 1 aliphatic rings. The predicted molar refractivity (Wildman–Crippen MR) is 129 cm³/mol. The molecule has 0 aromatic heterocycles. The number of ether oxygens (including phenoxy) is 2. The average molecular weight is 458 g/mol. The molecule has 0 bridgehead atoms. The molecule has 0 aliphatic heterocycles. The zero-order chi connectivity index (χ0) is 24.1. The van der Waals surface area contributed by atoms with Crippen LogP contribution in [0.2, 0.25) is 0 Å². The van der Waals surface area contributed by atoms with Gasteiger partial charge in [0.05, 0.1) is 0 Å². The molecule has 0 fully saturated rings. The van der Waals surface area contributed by atoms with Crippen molar-refractivity contribution in [3.8, 4) is 11.1 Å². The number of rotatable bonds is 8. The van der Waals surface area contributed by atoms with E-state index in [1.165, 1.54) is 6.92 Å². The van der Waals surface area contributed by atoms with E-state index in [0.29, 0.717) is 12.0 Å². The maximum Gasteiger partial charge on any atom is 0.407 e. The lowest BCUT2D eigenvalue weighted by atomic mass is 9.98. The highest BCUT2D eigenvalue weighted by Gasteiger charge is 2.29. The van der Waals surface area contributed by atoms with Crippen LogP contribution in [0.5, 0.6) is 0 Å². The van der Waals surface area contributed by atoms with Crippen LogP contribution in [0, 0.1) is 0 Å². The van der Waals surface area contributed by atoms with E-state index in [4.69, 9.17) is 9.47 Å². The number of fused-ring (bicyclic) bond motifs is 3. The second-order valence-electron chi connectivity index (χ2n) is 8.40. The van der Waals surface area contributed by atoms with E-state index in [1.54, 1.807) is 19.1 Å². The largest absolute Gasteiger partial charge is 0.461 e. The minimum absolute atomic E-state index is 0.0361. The quantitative estimate of drug-likeness (QED) is 0.384. The van der Waals surface area contributed by atoms with E-state index in [-0.39, 0.29) is 24.9 Å². The van der Waals surface area contributed by atoms with Gasteiger partial charge in [-0.25, -0.2) is 4.79 Å². The Balaban J connectivity index is 1.26. The number of alkyl carbamates (subject to hydrolysis) is 1. The van der Waals surface area contributed by atoms with Crippen molar-refractivity contribution in [2.45, 2.75) is 32.3 Å². The molecule has 3 aromatic carbocycles. The van der Waals surface area contributed by atoms with Crippen molar-refractivity contribution in [3.05, 3.63) is 95.1 Å². The summed E-state index contributed by atoms with van der Waals surface area (Å²) >= 11 is 0. The van der Waals surface area contributed by atoms with E-state index in [2.05, 4.69) is 17.4 Å². The summed E-state index contributed by atoms with van der Waals surface area (Å²) in [6.45, 7) is 3.14.